The summed E-state index contributed by atoms with van der Waals surface area (Å²) in [5.74, 6) is 2.18. The third-order valence-electron chi connectivity index (χ3n) is 9.00. The van der Waals surface area contributed by atoms with Crippen molar-refractivity contribution in [1.82, 2.24) is 9.80 Å². The van der Waals surface area contributed by atoms with Crippen LogP contribution in [0.5, 0.6) is 0 Å². The van der Waals surface area contributed by atoms with Crippen LogP contribution < -0.4 is 0 Å². The molecule has 2 saturated heterocycles. The molecule has 6 rings (SSSR count). The molecule has 0 aromatic rings. The van der Waals surface area contributed by atoms with E-state index >= 15 is 0 Å². The highest BCUT2D eigenvalue weighted by Gasteiger charge is 2.58. The van der Waals surface area contributed by atoms with Gasteiger partial charge in [-0.2, -0.15) is 0 Å². The first-order chi connectivity index (χ1) is 14.3. The van der Waals surface area contributed by atoms with E-state index in [-0.39, 0.29) is 10.8 Å². The standard InChI is InChI=1S/C26H38N2O2/c1-19-3-7-27(8-4-19)23(29)16-25-12-21-11-22(13-25)15-26(14-21,18-25)17-24(30)28-9-5-20(2)6-10-28/h21-22H,1-18H2. The molecule has 0 unspecified atom stereocenters. The molecule has 0 atom stereocenters. The Kier molecular flexibility index (Phi) is 5.10. The van der Waals surface area contributed by atoms with Gasteiger partial charge in [0.1, 0.15) is 0 Å². The summed E-state index contributed by atoms with van der Waals surface area (Å²) in [6, 6.07) is 0. The first-order valence-corrected chi connectivity index (χ1v) is 12.2. The number of hydrogen-bond acceptors (Lipinski definition) is 2. The van der Waals surface area contributed by atoms with Gasteiger partial charge in [0.15, 0.2) is 0 Å². The molecule has 2 aliphatic heterocycles. The fourth-order valence-corrected chi connectivity index (χ4v) is 8.07. The van der Waals surface area contributed by atoms with Gasteiger partial charge in [0.05, 0.1) is 0 Å². The minimum absolute atomic E-state index is 0.159. The quantitative estimate of drug-likeness (QED) is 0.630. The lowest BCUT2D eigenvalue weighted by Gasteiger charge is -2.62. The first kappa shape index (κ1) is 20.3. The van der Waals surface area contributed by atoms with Crippen molar-refractivity contribution < 1.29 is 9.59 Å². The van der Waals surface area contributed by atoms with Gasteiger partial charge in [-0.1, -0.05) is 24.3 Å². The molecule has 4 saturated carbocycles. The molecule has 4 heteroatoms. The van der Waals surface area contributed by atoms with E-state index in [4.69, 9.17) is 0 Å². The second kappa shape index (κ2) is 7.53. The van der Waals surface area contributed by atoms with E-state index in [0.29, 0.717) is 24.7 Å². The van der Waals surface area contributed by atoms with Gasteiger partial charge in [0.2, 0.25) is 11.8 Å². The van der Waals surface area contributed by atoms with E-state index < -0.39 is 0 Å². The summed E-state index contributed by atoms with van der Waals surface area (Å²) >= 11 is 0. The van der Waals surface area contributed by atoms with Crippen LogP contribution >= 0.6 is 0 Å². The van der Waals surface area contributed by atoms with E-state index in [1.807, 2.05) is 0 Å². The second-order valence-electron chi connectivity index (χ2n) is 11.6. The van der Waals surface area contributed by atoms with Gasteiger partial charge in [-0.3, -0.25) is 9.59 Å². The summed E-state index contributed by atoms with van der Waals surface area (Å²) in [4.78, 5) is 30.6. The Hall–Kier alpha value is -1.58. The molecule has 0 spiro atoms. The highest BCUT2D eigenvalue weighted by molar-refractivity contribution is 5.78. The molecule has 164 valence electrons. The maximum Gasteiger partial charge on any atom is 0.223 e. The molecule has 6 aliphatic rings. The average molecular weight is 411 g/mol. The third kappa shape index (κ3) is 3.87. The van der Waals surface area contributed by atoms with Crippen LogP contribution in [-0.4, -0.2) is 47.8 Å². The number of nitrogens with zero attached hydrogens (tertiary/aromatic N) is 2. The minimum Gasteiger partial charge on any atom is -0.342 e. The zero-order chi connectivity index (χ0) is 20.9. The van der Waals surface area contributed by atoms with E-state index in [2.05, 4.69) is 23.0 Å². The van der Waals surface area contributed by atoms with Crippen molar-refractivity contribution in [1.29, 1.82) is 0 Å². The van der Waals surface area contributed by atoms with Crippen molar-refractivity contribution in [2.24, 2.45) is 22.7 Å². The van der Waals surface area contributed by atoms with E-state index in [1.165, 1.54) is 43.3 Å². The molecule has 0 N–H and O–H groups in total. The predicted octanol–water partition coefficient (Wildman–Crippen LogP) is 4.71. The molecular weight excluding hydrogens is 372 g/mol. The van der Waals surface area contributed by atoms with Gasteiger partial charge in [-0.15, -0.1) is 0 Å². The number of rotatable bonds is 4. The van der Waals surface area contributed by atoms with Crippen LogP contribution in [0, 0.1) is 22.7 Å². The Balaban J connectivity index is 1.27. The normalized spacial score (nSPS) is 38.3. The maximum absolute atomic E-state index is 13.2. The van der Waals surface area contributed by atoms with Gasteiger partial charge in [0, 0.05) is 39.0 Å². The number of carbonyl (C=O) groups excluding carboxylic acids is 2. The second-order valence-corrected chi connectivity index (χ2v) is 11.6. The highest BCUT2D eigenvalue weighted by Crippen LogP contribution is 2.67. The largest absolute Gasteiger partial charge is 0.342 e. The molecule has 30 heavy (non-hydrogen) atoms. The van der Waals surface area contributed by atoms with Crippen LogP contribution in [0.1, 0.15) is 77.0 Å². The fourth-order valence-electron chi connectivity index (χ4n) is 8.07. The van der Waals surface area contributed by atoms with Crippen molar-refractivity contribution in [2.45, 2.75) is 77.0 Å². The van der Waals surface area contributed by atoms with Crippen molar-refractivity contribution in [3.05, 3.63) is 24.3 Å². The lowest BCUT2D eigenvalue weighted by atomic mass is 9.43. The van der Waals surface area contributed by atoms with Crippen LogP contribution in [-0.2, 0) is 9.59 Å². The molecule has 0 radical (unpaired) electrons. The van der Waals surface area contributed by atoms with Gasteiger partial charge >= 0.3 is 0 Å². The summed E-state index contributed by atoms with van der Waals surface area (Å²) in [7, 11) is 0. The van der Waals surface area contributed by atoms with E-state index in [9.17, 15) is 9.59 Å². The van der Waals surface area contributed by atoms with Crippen LogP contribution in [0.25, 0.3) is 0 Å². The molecule has 6 fully saturated rings. The molecule has 2 amide bonds. The lowest BCUT2D eigenvalue weighted by Crippen LogP contribution is -2.55. The molecule has 2 heterocycles. The Labute approximate surface area is 181 Å². The first-order valence-electron chi connectivity index (χ1n) is 12.2. The summed E-state index contributed by atoms with van der Waals surface area (Å²) in [6.45, 7) is 11.6. The smallest absolute Gasteiger partial charge is 0.223 e. The summed E-state index contributed by atoms with van der Waals surface area (Å²) in [6.07, 6.45) is 12.6. The fraction of sp³-hybridized carbons (Fsp3) is 0.769. The number of hydrogen-bond donors (Lipinski definition) is 0. The molecular formula is C26H38N2O2. The topological polar surface area (TPSA) is 40.6 Å². The zero-order valence-corrected chi connectivity index (χ0v) is 18.6. The zero-order valence-electron chi connectivity index (χ0n) is 18.6. The molecule has 0 aromatic heterocycles. The van der Waals surface area contributed by atoms with Crippen LogP contribution in [0.2, 0.25) is 0 Å². The van der Waals surface area contributed by atoms with Crippen molar-refractivity contribution >= 4 is 11.8 Å². The van der Waals surface area contributed by atoms with Gasteiger partial charge in [0.25, 0.3) is 0 Å². The lowest BCUT2D eigenvalue weighted by molar-refractivity contribution is -0.155. The number of likely N-dealkylation sites (tertiary alicyclic amines) is 2. The van der Waals surface area contributed by atoms with Crippen molar-refractivity contribution in [2.75, 3.05) is 26.2 Å². The Morgan fingerprint density at radius 1 is 0.733 bits per heavy atom. The predicted molar refractivity (Wildman–Crippen MR) is 119 cm³/mol. The number of amides is 2. The number of piperidine rings is 2. The maximum atomic E-state index is 13.2. The Bertz CT molecular complexity index is 675. The minimum atomic E-state index is 0.159. The van der Waals surface area contributed by atoms with E-state index in [0.717, 1.165) is 70.1 Å². The monoisotopic (exact) mass is 410 g/mol. The van der Waals surface area contributed by atoms with Crippen LogP contribution in [0.3, 0.4) is 0 Å². The van der Waals surface area contributed by atoms with Gasteiger partial charge < -0.3 is 9.80 Å². The molecule has 0 aromatic carbocycles. The highest BCUT2D eigenvalue weighted by atomic mass is 16.2. The van der Waals surface area contributed by atoms with Crippen molar-refractivity contribution in [3.8, 4) is 0 Å². The van der Waals surface area contributed by atoms with Crippen LogP contribution in [0.15, 0.2) is 24.3 Å². The summed E-state index contributed by atoms with van der Waals surface area (Å²) in [5, 5.41) is 0. The number of carbonyl (C=O) groups is 2. The average Bonchev–Trinajstić information content (AvgIpc) is 2.67. The Morgan fingerprint density at radius 2 is 1.10 bits per heavy atom. The third-order valence-corrected chi connectivity index (χ3v) is 9.00. The van der Waals surface area contributed by atoms with Gasteiger partial charge in [-0.25, -0.2) is 0 Å². The van der Waals surface area contributed by atoms with Gasteiger partial charge in [-0.05, 0) is 86.9 Å². The molecule has 4 bridgehead atoms. The van der Waals surface area contributed by atoms with Crippen molar-refractivity contribution in [3.63, 3.8) is 0 Å². The summed E-state index contributed by atoms with van der Waals surface area (Å²) in [5.41, 5.74) is 2.89. The molecule has 4 aliphatic carbocycles. The summed E-state index contributed by atoms with van der Waals surface area (Å²) < 4.78 is 0. The van der Waals surface area contributed by atoms with Crippen LogP contribution in [0.4, 0.5) is 0 Å². The Morgan fingerprint density at radius 3 is 1.47 bits per heavy atom. The molecule has 4 nitrogen and oxygen atoms in total. The SMILES string of the molecule is C=C1CCN(C(=O)CC23CC4CC(C2)CC(CC(=O)N2CCC(=C)CC2)(C4)C3)CC1. The van der Waals surface area contributed by atoms with E-state index in [1.54, 1.807) is 0 Å².